The molecule has 8 unspecified atom stereocenters. The fourth-order valence-corrected chi connectivity index (χ4v) is 8.25. The molecule has 0 aromatic heterocycles. The van der Waals surface area contributed by atoms with E-state index in [9.17, 15) is 5.11 Å². The van der Waals surface area contributed by atoms with Crippen LogP contribution in [0.5, 0.6) is 0 Å². The molecule has 0 radical (unpaired) electrons. The normalized spacial score (nSPS) is 44.9. The first-order valence-electron chi connectivity index (χ1n) is 12.4. The second kappa shape index (κ2) is 8.83. The number of hydrogen-bond acceptors (Lipinski definition) is 2. The maximum absolute atomic E-state index is 10.2. The number of aliphatic hydroxyl groups excluding tert-OH is 1. The molecule has 4 aliphatic carbocycles. The number of fused-ring (bicyclic) bond motifs is 5. The van der Waals surface area contributed by atoms with Crippen molar-refractivity contribution in [2.45, 2.75) is 105 Å². The Hall–Kier alpha value is -0.0500. The van der Waals surface area contributed by atoms with Crippen LogP contribution in [0.25, 0.3) is 0 Å². The average Bonchev–Trinajstić information content (AvgIpc) is 2.99. The number of hydrogen-bond donors (Lipinski definition) is 2. The van der Waals surface area contributed by atoms with E-state index in [4.69, 9.17) is 0 Å². The summed E-state index contributed by atoms with van der Waals surface area (Å²) in [5.74, 6) is 4.29. The third kappa shape index (κ3) is 4.08. The van der Waals surface area contributed by atoms with E-state index in [0.717, 1.165) is 42.4 Å². The van der Waals surface area contributed by atoms with Gasteiger partial charge in [-0.25, -0.2) is 0 Å². The molecule has 0 spiro atoms. The molecule has 3 heteroatoms. The minimum atomic E-state index is -0.0849. The molecule has 0 heterocycles. The Morgan fingerprint density at radius 2 is 1.83 bits per heavy atom. The summed E-state index contributed by atoms with van der Waals surface area (Å²) >= 11 is 0. The fraction of sp³-hybridized carbons (Fsp3) is 0.923. The number of allylic oxidation sites excluding steroid dienone is 1. The Morgan fingerprint density at radius 1 is 1.07 bits per heavy atom. The van der Waals surface area contributed by atoms with Gasteiger partial charge in [0.15, 0.2) is 0 Å². The molecule has 168 valence electrons. The van der Waals surface area contributed by atoms with E-state index in [0.29, 0.717) is 16.9 Å². The zero-order chi connectivity index (χ0) is 20.1. The summed E-state index contributed by atoms with van der Waals surface area (Å²) in [5.41, 5.74) is 2.51. The average molecular weight is 424 g/mol. The summed E-state index contributed by atoms with van der Waals surface area (Å²) in [5, 5.41) is 14.1. The predicted octanol–water partition coefficient (Wildman–Crippen LogP) is 6.37. The smallest absolute Gasteiger partial charge is 0.0577 e. The molecular weight excluding hydrogens is 378 g/mol. The molecule has 0 aromatic carbocycles. The van der Waals surface area contributed by atoms with Gasteiger partial charge in [0.25, 0.3) is 0 Å². The first kappa shape index (κ1) is 23.6. The standard InChI is InChI=1S/C26H45NO.ClH/c1-17(2)12-15-27-18(3)22-8-9-23-21-7-6-19-16-20(28)10-13-25(19,4)24(21)11-14-26(22,23)5;/h6,17-18,20-24,27-28H,7-16H2,1-5H3;1H. The zero-order valence-electron chi connectivity index (χ0n) is 19.5. The minimum Gasteiger partial charge on any atom is -0.393 e. The molecule has 3 saturated carbocycles. The Bertz CT molecular complexity index is 604. The molecule has 3 fully saturated rings. The first-order chi connectivity index (χ1) is 13.3. The topological polar surface area (TPSA) is 32.3 Å². The van der Waals surface area contributed by atoms with Crippen molar-refractivity contribution in [3.05, 3.63) is 11.6 Å². The lowest BCUT2D eigenvalue weighted by Crippen LogP contribution is -2.52. The summed E-state index contributed by atoms with van der Waals surface area (Å²) < 4.78 is 0. The van der Waals surface area contributed by atoms with Gasteiger partial charge >= 0.3 is 0 Å². The van der Waals surface area contributed by atoms with Crippen molar-refractivity contribution in [2.75, 3.05) is 6.54 Å². The van der Waals surface area contributed by atoms with Crippen molar-refractivity contribution in [1.82, 2.24) is 5.32 Å². The van der Waals surface area contributed by atoms with Crippen molar-refractivity contribution in [3.8, 4) is 0 Å². The molecule has 4 rings (SSSR count). The Kier molecular flexibility index (Phi) is 7.19. The molecule has 8 atom stereocenters. The van der Waals surface area contributed by atoms with E-state index in [-0.39, 0.29) is 18.5 Å². The van der Waals surface area contributed by atoms with Gasteiger partial charge in [0, 0.05) is 6.04 Å². The van der Waals surface area contributed by atoms with Gasteiger partial charge in [0.1, 0.15) is 0 Å². The van der Waals surface area contributed by atoms with E-state index in [1.165, 1.54) is 51.5 Å². The number of rotatable bonds is 5. The van der Waals surface area contributed by atoms with E-state index < -0.39 is 0 Å². The highest BCUT2D eigenvalue weighted by Crippen LogP contribution is 2.66. The van der Waals surface area contributed by atoms with Gasteiger partial charge < -0.3 is 10.4 Å². The van der Waals surface area contributed by atoms with Gasteiger partial charge in [0.05, 0.1) is 6.10 Å². The highest BCUT2D eigenvalue weighted by Gasteiger charge is 2.59. The summed E-state index contributed by atoms with van der Waals surface area (Å²) in [6.45, 7) is 13.5. The second-order valence-corrected chi connectivity index (χ2v) is 11.8. The van der Waals surface area contributed by atoms with Crippen molar-refractivity contribution in [1.29, 1.82) is 0 Å². The third-order valence-corrected chi connectivity index (χ3v) is 9.94. The van der Waals surface area contributed by atoms with Crippen LogP contribution in [0.15, 0.2) is 11.6 Å². The maximum Gasteiger partial charge on any atom is 0.0577 e. The molecular formula is C26H46ClNO. The molecule has 0 amide bonds. The van der Waals surface area contributed by atoms with Crippen LogP contribution in [0.4, 0.5) is 0 Å². The second-order valence-electron chi connectivity index (χ2n) is 11.8. The zero-order valence-corrected chi connectivity index (χ0v) is 20.4. The van der Waals surface area contributed by atoms with Crippen LogP contribution in [0.3, 0.4) is 0 Å². The highest BCUT2D eigenvalue weighted by atomic mass is 35.5. The maximum atomic E-state index is 10.2. The molecule has 0 aliphatic heterocycles. The first-order valence-corrected chi connectivity index (χ1v) is 12.4. The van der Waals surface area contributed by atoms with E-state index >= 15 is 0 Å². The Labute approximate surface area is 186 Å². The lowest BCUT2D eigenvalue weighted by molar-refractivity contribution is -0.0535. The van der Waals surface area contributed by atoms with Crippen molar-refractivity contribution in [3.63, 3.8) is 0 Å². The van der Waals surface area contributed by atoms with Crippen LogP contribution in [0.1, 0.15) is 92.4 Å². The summed E-state index contributed by atoms with van der Waals surface area (Å²) in [6, 6.07) is 0.653. The molecule has 4 aliphatic rings. The van der Waals surface area contributed by atoms with Crippen molar-refractivity contribution >= 4 is 12.4 Å². The van der Waals surface area contributed by atoms with Gasteiger partial charge in [-0.05, 0) is 112 Å². The Balaban J connectivity index is 0.00000240. The lowest BCUT2D eigenvalue weighted by atomic mass is 9.47. The quantitative estimate of drug-likeness (QED) is 0.503. The van der Waals surface area contributed by atoms with E-state index in [2.05, 4.69) is 46.0 Å². The largest absolute Gasteiger partial charge is 0.393 e. The van der Waals surface area contributed by atoms with Gasteiger partial charge in [-0.15, -0.1) is 12.4 Å². The molecule has 29 heavy (non-hydrogen) atoms. The van der Waals surface area contributed by atoms with Crippen LogP contribution < -0.4 is 5.32 Å². The minimum absolute atomic E-state index is 0. The van der Waals surface area contributed by atoms with Crippen molar-refractivity contribution < 1.29 is 5.11 Å². The van der Waals surface area contributed by atoms with Gasteiger partial charge in [-0.3, -0.25) is 0 Å². The summed E-state index contributed by atoms with van der Waals surface area (Å²) in [6.07, 6.45) is 13.9. The lowest BCUT2D eigenvalue weighted by Gasteiger charge is -2.58. The molecule has 0 aromatic rings. The fourth-order valence-electron chi connectivity index (χ4n) is 8.25. The third-order valence-electron chi connectivity index (χ3n) is 9.94. The number of halogens is 1. The van der Waals surface area contributed by atoms with Crippen LogP contribution in [0, 0.1) is 40.4 Å². The van der Waals surface area contributed by atoms with Gasteiger partial charge in [-0.2, -0.15) is 0 Å². The van der Waals surface area contributed by atoms with E-state index in [1.807, 2.05) is 0 Å². The highest BCUT2D eigenvalue weighted by molar-refractivity contribution is 5.85. The summed E-state index contributed by atoms with van der Waals surface area (Å²) in [4.78, 5) is 0. The number of nitrogens with one attached hydrogen (secondary N) is 1. The summed E-state index contributed by atoms with van der Waals surface area (Å²) in [7, 11) is 0. The molecule has 2 nitrogen and oxygen atoms in total. The van der Waals surface area contributed by atoms with Crippen LogP contribution in [-0.2, 0) is 0 Å². The van der Waals surface area contributed by atoms with E-state index in [1.54, 1.807) is 5.57 Å². The monoisotopic (exact) mass is 423 g/mol. The van der Waals surface area contributed by atoms with Crippen molar-refractivity contribution in [2.24, 2.45) is 40.4 Å². The Morgan fingerprint density at radius 3 is 2.55 bits per heavy atom. The molecule has 2 N–H and O–H groups in total. The SMILES string of the molecule is CC(C)CCNC(C)C1CCC2C3CC=C4CC(O)CCC4(C)C3CCC12C.Cl. The molecule has 0 bridgehead atoms. The van der Waals surface area contributed by atoms with Gasteiger partial charge in [-0.1, -0.05) is 39.3 Å². The molecule has 0 saturated heterocycles. The van der Waals surface area contributed by atoms with Crippen LogP contribution in [-0.4, -0.2) is 23.8 Å². The van der Waals surface area contributed by atoms with Crippen LogP contribution >= 0.6 is 12.4 Å². The van der Waals surface area contributed by atoms with Gasteiger partial charge in [0.2, 0.25) is 0 Å². The predicted molar refractivity (Wildman–Crippen MR) is 125 cm³/mol. The van der Waals surface area contributed by atoms with Crippen LogP contribution in [0.2, 0.25) is 0 Å². The number of aliphatic hydroxyl groups is 1.